The highest BCUT2D eigenvalue weighted by molar-refractivity contribution is 5.98. The van der Waals surface area contributed by atoms with Crippen LogP contribution in [0.15, 0.2) is 72.8 Å². The Hall–Kier alpha value is -4.67. The number of ether oxygens (including phenoxy) is 1. The van der Waals surface area contributed by atoms with E-state index in [0.29, 0.717) is 5.01 Å². The molecule has 0 saturated heterocycles. The molecule has 196 valence electrons. The van der Waals surface area contributed by atoms with Gasteiger partial charge in [0, 0.05) is 18.7 Å². The third-order valence-electron chi connectivity index (χ3n) is 4.93. The molecule has 0 aliphatic carbocycles. The molecule has 2 aromatic carbocycles. The Labute approximate surface area is 214 Å². The van der Waals surface area contributed by atoms with E-state index in [2.05, 4.69) is 16.1 Å². The Balaban J connectivity index is 1.96. The van der Waals surface area contributed by atoms with Crippen LogP contribution in [-0.4, -0.2) is 52.5 Å². The van der Waals surface area contributed by atoms with Gasteiger partial charge in [0.15, 0.2) is 0 Å². The number of carboxylic acid groups (broad SMARTS) is 1. The van der Waals surface area contributed by atoms with Crippen LogP contribution in [0.3, 0.4) is 0 Å². The van der Waals surface area contributed by atoms with Crippen molar-refractivity contribution in [3.63, 3.8) is 0 Å². The fourth-order valence-corrected chi connectivity index (χ4v) is 3.02. The lowest BCUT2D eigenvalue weighted by Crippen LogP contribution is -2.56. The van der Waals surface area contributed by atoms with Gasteiger partial charge in [-0.2, -0.15) is 0 Å². The molecule has 2 rings (SSSR count). The van der Waals surface area contributed by atoms with Gasteiger partial charge in [0.1, 0.15) is 19.2 Å². The Bertz CT molecular complexity index is 1100. The van der Waals surface area contributed by atoms with Crippen LogP contribution in [-0.2, 0) is 37.1 Å². The number of carboxylic acids is 1. The van der Waals surface area contributed by atoms with E-state index in [1.807, 2.05) is 36.4 Å². The molecule has 0 aliphatic heterocycles. The Morgan fingerprint density at radius 3 is 2.08 bits per heavy atom. The van der Waals surface area contributed by atoms with Crippen LogP contribution in [0, 0.1) is 5.92 Å². The van der Waals surface area contributed by atoms with Crippen LogP contribution in [0.25, 0.3) is 0 Å². The lowest BCUT2D eigenvalue weighted by atomic mass is 10.0. The predicted octanol–water partition coefficient (Wildman–Crippen LogP) is 1.75. The Morgan fingerprint density at radius 2 is 1.51 bits per heavy atom. The molecule has 0 bridgehead atoms. The summed E-state index contributed by atoms with van der Waals surface area (Å²) in [5, 5.41) is 14.7. The number of nitrogens with one attached hydrogen (secondary N) is 3. The minimum Gasteiger partial charge on any atom is -0.480 e. The fraction of sp³-hybridized carbons (Fsp3) is 0.269. The van der Waals surface area contributed by atoms with E-state index in [9.17, 15) is 24.0 Å². The summed E-state index contributed by atoms with van der Waals surface area (Å²) in [6.07, 6.45) is 0.921. The molecule has 0 radical (unpaired) electrons. The van der Waals surface area contributed by atoms with E-state index in [0.717, 1.165) is 23.3 Å². The van der Waals surface area contributed by atoms with Crippen molar-refractivity contribution in [1.29, 1.82) is 0 Å². The van der Waals surface area contributed by atoms with E-state index in [1.165, 1.54) is 0 Å². The second-order valence-corrected chi connectivity index (χ2v) is 8.26. The van der Waals surface area contributed by atoms with Gasteiger partial charge in [0.05, 0.1) is 0 Å². The van der Waals surface area contributed by atoms with Crippen molar-refractivity contribution < 1.29 is 33.8 Å². The summed E-state index contributed by atoms with van der Waals surface area (Å²) in [6.45, 7) is 2.66. The third-order valence-corrected chi connectivity index (χ3v) is 4.93. The zero-order valence-corrected chi connectivity index (χ0v) is 20.5. The second kappa shape index (κ2) is 14.7. The van der Waals surface area contributed by atoms with Gasteiger partial charge in [0.25, 0.3) is 11.8 Å². The lowest BCUT2D eigenvalue weighted by Gasteiger charge is -2.26. The SMILES string of the molecule is CC(C)C(NC(=O)OCc1ccccc1)C(=O)NN(CC(=O)O)C(=O)/C=C/C(=O)NCc1ccccc1. The number of amides is 4. The molecule has 0 heterocycles. The van der Waals surface area contributed by atoms with Crippen LogP contribution in [0.1, 0.15) is 25.0 Å². The maximum Gasteiger partial charge on any atom is 0.408 e. The van der Waals surface area contributed by atoms with Crippen molar-refractivity contribution in [3.8, 4) is 0 Å². The number of hydrogen-bond donors (Lipinski definition) is 4. The average Bonchev–Trinajstić information content (AvgIpc) is 2.88. The first kappa shape index (κ1) is 28.6. The Kier molecular flexibility index (Phi) is 11.3. The van der Waals surface area contributed by atoms with Crippen LogP contribution in [0.5, 0.6) is 0 Å². The molecule has 2 aromatic rings. The van der Waals surface area contributed by atoms with E-state index in [4.69, 9.17) is 9.84 Å². The molecule has 4 N–H and O–H groups in total. The number of rotatable bonds is 11. The molecule has 0 aromatic heterocycles. The molecule has 0 fully saturated rings. The van der Waals surface area contributed by atoms with E-state index < -0.39 is 48.3 Å². The first-order chi connectivity index (χ1) is 17.7. The molecule has 1 atom stereocenters. The summed E-state index contributed by atoms with van der Waals surface area (Å²) < 4.78 is 5.14. The summed E-state index contributed by atoms with van der Waals surface area (Å²) in [6, 6.07) is 16.9. The van der Waals surface area contributed by atoms with Crippen molar-refractivity contribution >= 4 is 29.8 Å². The molecule has 11 nitrogen and oxygen atoms in total. The summed E-state index contributed by atoms with van der Waals surface area (Å²) in [5.74, 6) is -4.18. The smallest absolute Gasteiger partial charge is 0.408 e. The van der Waals surface area contributed by atoms with Crippen LogP contribution in [0.2, 0.25) is 0 Å². The Morgan fingerprint density at radius 1 is 0.919 bits per heavy atom. The van der Waals surface area contributed by atoms with Gasteiger partial charge in [-0.1, -0.05) is 74.5 Å². The summed E-state index contributed by atoms with van der Waals surface area (Å²) in [5.41, 5.74) is 3.80. The highest BCUT2D eigenvalue weighted by atomic mass is 16.5. The number of hydrazine groups is 1. The number of carbonyl (C=O) groups excluding carboxylic acids is 4. The molecule has 1 unspecified atom stereocenters. The van der Waals surface area contributed by atoms with Crippen molar-refractivity contribution in [2.45, 2.75) is 33.0 Å². The molecule has 0 aliphatic rings. The van der Waals surface area contributed by atoms with Gasteiger partial charge in [-0.05, 0) is 17.0 Å². The van der Waals surface area contributed by atoms with Gasteiger partial charge >= 0.3 is 12.1 Å². The zero-order chi connectivity index (χ0) is 27.2. The first-order valence-corrected chi connectivity index (χ1v) is 11.5. The van der Waals surface area contributed by atoms with E-state index in [-0.39, 0.29) is 13.2 Å². The zero-order valence-electron chi connectivity index (χ0n) is 20.5. The standard InChI is InChI=1S/C26H30N4O7/c1-18(2)24(28-26(36)37-17-20-11-7-4-8-12-20)25(35)29-30(16-23(33)34)22(32)14-13-21(31)27-15-19-9-5-3-6-10-19/h3-14,18,24H,15-17H2,1-2H3,(H,27,31)(H,28,36)(H,29,35)(H,33,34)/b14-13+. The minimum atomic E-state index is -1.40. The predicted molar refractivity (Wildman–Crippen MR) is 133 cm³/mol. The number of carbonyl (C=O) groups is 5. The second-order valence-electron chi connectivity index (χ2n) is 8.26. The number of nitrogens with zero attached hydrogens (tertiary/aromatic N) is 1. The monoisotopic (exact) mass is 510 g/mol. The van der Waals surface area contributed by atoms with E-state index in [1.54, 1.807) is 38.1 Å². The van der Waals surface area contributed by atoms with Crippen molar-refractivity contribution in [3.05, 3.63) is 83.9 Å². The number of hydrogen-bond acceptors (Lipinski definition) is 6. The van der Waals surface area contributed by atoms with Gasteiger partial charge in [-0.15, -0.1) is 0 Å². The molecular weight excluding hydrogens is 480 g/mol. The number of alkyl carbamates (subject to hydrolysis) is 1. The maximum absolute atomic E-state index is 12.8. The summed E-state index contributed by atoms with van der Waals surface area (Å²) >= 11 is 0. The van der Waals surface area contributed by atoms with Crippen LogP contribution >= 0.6 is 0 Å². The first-order valence-electron chi connectivity index (χ1n) is 11.5. The quantitative estimate of drug-likeness (QED) is 0.265. The summed E-state index contributed by atoms with van der Waals surface area (Å²) in [7, 11) is 0. The molecule has 0 spiro atoms. The minimum absolute atomic E-state index is 0.0140. The lowest BCUT2D eigenvalue weighted by molar-refractivity contribution is -0.148. The highest BCUT2D eigenvalue weighted by Gasteiger charge is 2.28. The van der Waals surface area contributed by atoms with Gasteiger partial charge in [-0.25, -0.2) is 9.80 Å². The topological polar surface area (TPSA) is 154 Å². The van der Waals surface area contributed by atoms with Crippen LogP contribution < -0.4 is 16.1 Å². The fourth-order valence-electron chi connectivity index (χ4n) is 3.02. The van der Waals surface area contributed by atoms with Crippen molar-refractivity contribution in [2.75, 3.05) is 6.54 Å². The van der Waals surface area contributed by atoms with Crippen molar-refractivity contribution in [2.24, 2.45) is 5.92 Å². The molecule has 37 heavy (non-hydrogen) atoms. The van der Waals surface area contributed by atoms with Crippen molar-refractivity contribution in [1.82, 2.24) is 21.1 Å². The van der Waals surface area contributed by atoms with Gasteiger partial charge in [-0.3, -0.25) is 24.6 Å². The molecule has 4 amide bonds. The normalized spacial score (nSPS) is 11.4. The van der Waals surface area contributed by atoms with Crippen LogP contribution in [0.4, 0.5) is 4.79 Å². The largest absolute Gasteiger partial charge is 0.480 e. The number of aliphatic carboxylic acids is 1. The molecular formula is C26H30N4O7. The molecule has 0 saturated carbocycles. The third kappa shape index (κ3) is 10.6. The average molecular weight is 511 g/mol. The maximum atomic E-state index is 12.8. The highest BCUT2D eigenvalue weighted by Crippen LogP contribution is 2.05. The van der Waals surface area contributed by atoms with Gasteiger partial charge < -0.3 is 20.5 Å². The molecule has 11 heteroatoms. The number of benzene rings is 2. The van der Waals surface area contributed by atoms with Gasteiger partial charge in [0.2, 0.25) is 5.91 Å². The summed E-state index contributed by atoms with van der Waals surface area (Å²) in [4.78, 5) is 60.9. The van der Waals surface area contributed by atoms with E-state index >= 15 is 0 Å².